The van der Waals surface area contributed by atoms with Gasteiger partial charge in [0.1, 0.15) is 17.7 Å². The van der Waals surface area contributed by atoms with Gasteiger partial charge >= 0.3 is 0 Å². The smallest absolute Gasteiger partial charge is 0.137 e. The molecular weight excluding hydrogens is 335 g/mol. The molecule has 1 aromatic heterocycles. The van der Waals surface area contributed by atoms with E-state index >= 15 is 0 Å². The van der Waals surface area contributed by atoms with Crippen LogP contribution in [-0.2, 0) is 6.54 Å². The third-order valence-corrected chi connectivity index (χ3v) is 4.17. The van der Waals surface area contributed by atoms with E-state index in [9.17, 15) is 4.39 Å². The summed E-state index contributed by atoms with van der Waals surface area (Å²) in [4.78, 5) is 6.36. The lowest BCUT2D eigenvalue weighted by Crippen LogP contribution is -2.24. The van der Waals surface area contributed by atoms with E-state index < -0.39 is 0 Å². The normalized spacial score (nSPS) is 18.9. The van der Waals surface area contributed by atoms with Crippen molar-refractivity contribution in [2.45, 2.75) is 19.1 Å². The first-order valence-electron chi connectivity index (χ1n) is 6.93. The van der Waals surface area contributed by atoms with Gasteiger partial charge in [-0.15, -0.1) is 0 Å². The Morgan fingerprint density at radius 2 is 2.10 bits per heavy atom. The van der Waals surface area contributed by atoms with Crippen molar-refractivity contribution in [1.82, 2.24) is 9.88 Å². The van der Waals surface area contributed by atoms with Crippen LogP contribution in [0.5, 0.6) is 5.75 Å². The van der Waals surface area contributed by atoms with Crippen LogP contribution in [0.1, 0.15) is 12.0 Å². The molecule has 0 aliphatic carbocycles. The molecule has 1 aromatic carbocycles. The maximum absolute atomic E-state index is 12.9. The van der Waals surface area contributed by atoms with Gasteiger partial charge in [-0.3, -0.25) is 9.88 Å². The number of likely N-dealkylation sites (tertiary alicyclic amines) is 1. The monoisotopic (exact) mass is 350 g/mol. The minimum atomic E-state index is -0.191. The summed E-state index contributed by atoms with van der Waals surface area (Å²) in [6.45, 7) is 2.70. The van der Waals surface area contributed by atoms with Crippen LogP contribution in [0.25, 0.3) is 0 Å². The second kappa shape index (κ2) is 6.54. The standard InChI is InChI=1S/C16H16BrFN2O/c17-15-9-19-7-5-16(15)21-14-6-8-20(11-14)10-12-1-3-13(18)4-2-12/h1-5,7,9,14H,6,8,10-11H2. The average Bonchev–Trinajstić information content (AvgIpc) is 2.91. The van der Waals surface area contributed by atoms with Crippen LogP contribution < -0.4 is 4.74 Å². The number of benzene rings is 1. The number of aromatic nitrogens is 1. The van der Waals surface area contributed by atoms with E-state index in [1.54, 1.807) is 12.4 Å². The van der Waals surface area contributed by atoms with Crippen molar-refractivity contribution in [3.8, 4) is 5.75 Å². The third kappa shape index (κ3) is 3.80. The van der Waals surface area contributed by atoms with Gasteiger partial charge in [0.25, 0.3) is 0 Å². The molecule has 1 fully saturated rings. The Hall–Kier alpha value is -1.46. The second-order valence-corrected chi connectivity index (χ2v) is 6.05. The predicted molar refractivity (Wildman–Crippen MR) is 82.6 cm³/mol. The van der Waals surface area contributed by atoms with Crippen LogP contribution in [-0.4, -0.2) is 29.1 Å². The van der Waals surface area contributed by atoms with Gasteiger partial charge in [0.05, 0.1) is 4.47 Å². The molecule has 3 nitrogen and oxygen atoms in total. The SMILES string of the molecule is Fc1ccc(CN2CCC(Oc3ccncc3Br)C2)cc1. The summed E-state index contributed by atoms with van der Waals surface area (Å²) in [5.74, 6) is 0.641. The number of hydrogen-bond acceptors (Lipinski definition) is 3. The first-order chi connectivity index (χ1) is 10.2. The summed E-state index contributed by atoms with van der Waals surface area (Å²) in [5.41, 5.74) is 1.13. The van der Waals surface area contributed by atoms with Crippen molar-refractivity contribution in [2.75, 3.05) is 13.1 Å². The molecule has 1 atom stereocenters. The number of pyridine rings is 1. The molecule has 0 amide bonds. The Labute approximate surface area is 131 Å². The Morgan fingerprint density at radius 1 is 1.29 bits per heavy atom. The highest BCUT2D eigenvalue weighted by Gasteiger charge is 2.24. The van der Waals surface area contributed by atoms with Crippen molar-refractivity contribution in [3.05, 3.63) is 58.6 Å². The van der Waals surface area contributed by atoms with Crippen LogP contribution in [0.15, 0.2) is 47.2 Å². The first-order valence-corrected chi connectivity index (χ1v) is 7.73. The van der Waals surface area contributed by atoms with Gasteiger partial charge < -0.3 is 4.74 Å². The molecule has 21 heavy (non-hydrogen) atoms. The van der Waals surface area contributed by atoms with E-state index in [4.69, 9.17) is 4.74 Å². The summed E-state index contributed by atoms with van der Waals surface area (Å²) >= 11 is 3.44. The number of ether oxygens (including phenoxy) is 1. The van der Waals surface area contributed by atoms with Crippen molar-refractivity contribution in [2.24, 2.45) is 0 Å². The average molecular weight is 351 g/mol. The van der Waals surface area contributed by atoms with E-state index in [0.717, 1.165) is 41.8 Å². The molecule has 2 aromatic rings. The van der Waals surface area contributed by atoms with Gasteiger partial charge in [-0.05, 0) is 46.1 Å². The van der Waals surface area contributed by atoms with Crippen LogP contribution in [0, 0.1) is 5.82 Å². The fourth-order valence-electron chi connectivity index (χ4n) is 2.52. The summed E-state index contributed by atoms with van der Waals surface area (Å²) in [6.07, 6.45) is 4.64. The highest BCUT2D eigenvalue weighted by Crippen LogP contribution is 2.26. The van der Waals surface area contributed by atoms with Crippen molar-refractivity contribution in [3.63, 3.8) is 0 Å². The largest absolute Gasteiger partial charge is 0.488 e. The maximum Gasteiger partial charge on any atom is 0.137 e. The zero-order valence-corrected chi connectivity index (χ0v) is 13.1. The second-order valence-electron chi connectivity index (χ2n) is 5.20. The molecule has 5 heteroatoms. The Bertz CT molecular complexity index is 605. The molecule has 0 N–H and O–H groups in total. The van der Waals surface area contributed by atoms with Gasteiger partial charge in [0, 0.05) is 32.0 Å². The first kappa shape index (κ1) is 14.5. The van der Waals surface area contributed by atoms with E-state index in [0.29, 0.717) is 0 Å². The maximum atomic E-state index is 12.9. The summed E-state index contributed by atoms with van der Waals surface area (Å²) < 4.78 is 19.8. The Morgan fingerprint density at radius 3 is 2.86 bits per heavy atom. The van der Waals surface area contributed by atoms with Gasteiger partial charge in [-0.2, -0.15) is 0 Å². The molecule has 110 valence electrons. The van der Waals surface area contributed by atoms with Gasteiger partial charge in [0.2, 0.25) is 0 Å². The van der Waals surface area contributed by atoms with Gasteiger partial charge in [-0.1, -0.05) is 12.1 Å². The van der Waals surface area contributed by atoms with Crippen LogP contribution >= 0.6 is 15.9 Å². The lowest BCUT2D eigenvalue weighted by atomic mass is 10.2. The minimum Gasteiger partial charge on any atom is -0.488 e. The lowest BCUT2D eigenvalue weighted by Gasteiger charge is -2.17. The zero-order valence-electron chi connectivity index (χ0n) is 11.5. The van der Waals surface area contributed by atoms with Gasteiger partial charge in [-0.25, -0.2) is 4.39 Å². The molecule has 0 bridgehead atoms. The van der Waals surface area contributed by atoms with Crippen molar-refractivity contribution >= 4 is 15.9 Å². The van der Waals surface area contributed by atoms with E-state index in [2.05, 4.69) is 25.8 Å². The van der Waals surface area contributed by atoms with Crippen molar-refractivity contribution < 1.29 is 9.13 Å². The molecule has 0 radical (unpaired) electrons. The zero-order chi connectivity index (χ0) is 14.7. The minimum absolute atomic E-state index is 0.184. The van der Waals surface area contributed by atoms with E-state index in [-0.39, 0.29) is 11.9 Å². The highest BCUT2D eigenvalue weighted by atomic mass is 79.9. The molecule has 0 saturated carbocycles. The quantitative estimate of drug-likeness (QED) is 0.841. The Kier molecular flexibility index (Phi) is 4.51. The van der Waals surface area contributed by atoms with E-state index in [1.807, 2.05) is 18.2 Å². The molecule has 0 spiro atoms. The van der Waals surface area contributed by atoms with Crippen LogP contribution in [0.4, 0.5) is 4.39 Å². The third-order valence-electron chi connectivity index (χ3n) is 3.58. The predicted octanol–water partition coefficient (Wildman–Crippen LogP) is 3.64. The van der Waals surface area contributed by atoms with E-state index in [1.165, 1.54) is 12.1 Å². The highest BCUT2D eigenvalue weighted by molar-refractivity contribution is 9.10. The van der Waals surface area contributed by atoms with Gasteiger partial charge in [0.15, 0.2) is 0 Å². The number of rotatable bonds is 4. The number of halogens is 2. The molecule has 1 saturated heterocycles. The number of hydrogen-bond donors (Lipinski definition) is 0. The summed E-state index contributed by atoms with van der Waals surface area (Å²) in [6, 6.07) is 8.56. The summed E-state index contributed by atoms with van der Waals surface area (Å²) in [5, 5.41) is 0. The Balaban J connectivity index is 1.56. The van der Waals surface area contributed by atoms with Crippen LogP contribution in [0.3, 0.4) is 0 Å². The van der Waals surface area contributed by atoms with Crippen molar-refractivity contribution in [1.29, 1.82) is 0 Å². The topological polar surface area (TPSA) is 25.4 Å². The van der Waals surface area contributed by atoms with Crippen LogP contribution in [0.2, 0.25) is 0 Å². The summed E-state index contributed by atoms with van der Waals surface area (Å²) in [7, 11) is 0. The molecule has 3 rings (SSSR count). The molecule has 1 aliphatic heterocycles. The number of nitrogens with zero attached hydrogens (tertiary/aromatic N) is 2. The fraction of sp³-hybridized carbons (Fsp3) is 0.312. The molecular formula is C16H16BrFN2O. The lowest BCUT2D eigenvalue weighted by molar-refractivity contribution is 0.197. The molecule has 1 aliphatic rings. The molecule has 2 heterocycles. The fourth-order valence-corrected chi connectivity index (χ4v) is 2.87. The molecule has 1 unspecified atom stereocenters.